The molecule has 154 valence electrons. The van der Waals surface area contributed by atoms with Crippen LogP contribution in [0.3, 0.4) is 0 Å². The molecule has 30 heavy (non-hydrogen) atoms. The third-order valence-electron chi connectivity index (χ3n) is 4.60. The number of sulfone groups is 2. The molecule has 0 bridgehead atoms. The molecule has 0 saturated heterocycles. The second-order valence-electron chi connectivity index (χ2n) is 6.53. The van der Waals surface area contributed by atoms with E-state index in [9.17, 15) is 16.8 Å². The van der Waals surface area contributed by atoms with E-state index in [1.54, 1.807) is 0 Å². The summed E-state index contributed by atoms with van der Waals surface area (Å²) in [4.78, 5) is 4.23. The zero-order valence-electron chi connectivity index (χ0n) is 15.7. The summed E-state index contributed by atoms with van der Waals surface area (Å²) >= 11 is 6.73. The molecule has 4 aromatic rings. The summed E-state index contributed by atoms with van der Waals surface area (Å²) in [7, 11) is -7.95. The van der Waals surface area contributed by atoms with Gasteiger partial charge in [0.1, 0.15) is 5.01 Å². The highest BCUT2D eigenvalue weighted by Gasteiger charge is 2.32. The Kier molecular flexibility index (Phi) is 5.44. The van der Waals surface area contributed by atoms with E-state index in [0.29, 0.717) is 15.6 Å². The maximum Gasteiger partial charge on any atom is 0.226 e. The maximum atomic E-state index is 13.2. The van der Waals surface area contributed by atoms with Gasteiger partial charge in [0, 0.05) is 10.6 Å². The fraction of sp³-hybridized carbons (Fsp3) is 0.0952. The Morgan fingerprint density at radius 3 is 2.23 bits per heavy atom. The topological polar surface area (TPSA) is 81.2 Å². The summed E-state index contributed by atoms with van der Waals surface area (Å²) in [5.41, 5.74) is 0.656. The summed E-state index contributed by atoms with van der Waals surface area (Å²) in [5.74, 6) is -0.227. The molecule has 0 N–H and O–H groups in total. The van der Waals surface area contributed by atoms with Crippen molar-refractivity contribution < 1.29 is 16.8 Å². The normalized spacial score (nSPS) is 12.3. The molecular formula is C21H16ClNO4S3. The highest BCUT2D eigenvalue weighted by atomic mass is 35.5. The molecule has 0 atom stereocenters. The van der Waals surface area contributed by atoms with Crippen molar-refractivity contribution in [2.45, 2.75) is 21.1 Å². The number of hydrogen-bond acceptors (Lipinski definition) is 6. The maximum absolute atomic E-state index is 13.2. The Morgan fingerprint density at radius 1 is 0.900 bits per heavy atom. The van der Waals surface area contributed by atoms with Gasteiger partial charge in [-0.1, -0.05) is 54.9 Å². The molecule has 0 aliphatic rings. The summed E-state index contributed by atoms with van der Waals surface area (Å²) in [6.45, 7) is 1.48. The second-order valence-corrected chi connectivity index (χ2v) is 12.3. The lowest BCUT2D eigenvalue weighted by atomic mass is 10.1. The monoisotopic (exact) mass is 477 g/mol. The minimum absolute atomic E-state index is 0.0604. The molecule has 5 nitrogen and oxygen atoms in total. The third-order valence-corrected chi connectivity index (χ3v) is 10.2. The van der Waals surface area contributed by atoms with Crippen molar-refractivity contribution in [2.24, 2.45) is 0 Å². The highest BCUT2D eigenvalue weighted by Crippen LogP contribution is 2.37. The summed E-state index contributed by atoms with van der Waals surface area (Å²) in [6.07, 6.45) is 0. The molecule has 0 aliphatic carbocycles. The second kappa shape index (κ2) is 7.77. The predicted octanol–water partition coefficient (Wildman–Crippen LogP) is 5.24. The number of halogens is 1. The fourth-order valence-corrected chi connectivity index (χ4v) is 7.82. The standard InChI is InChI=1S/C21H16ClNO4S3/c1-2-29(24,25)21-20(30(26,27)18-11-9-17(22)10-12-18)23-19(28-21)16-8-7-14-5-3-4-6-15(14)13-16/h3-13H,2H2,1H3. The van der Waals surface area contributed by atoms with E-state index in [2.05, 4.69) is 4.98 Å². The van der Waals surface area contributed by atoms with Gasteiger partial charge in [-0.3, -0.25) is 0 Å². The van der Waals surface area contributed by atoms with E-state index in [-0.39, 0.29) is 14.9 Å². The highest BCUT2D eigenvalue weighted by molar-refractivity contribution is 7.96. The minimum atomic E-state index is -4.15. The van der Waals surface area contributed by atoms with Gasteiger partial charge in [0.05, 0.1) is 10.6 Å². The average Bonchev–Trinajstić information content (AvgIpc) is 3.21. The largest absolute Gasteiger partial charge is 0.226 e. The number of fused-ring (bicyclic) bond motifs is 1. The van der Waals surface area contributed by atoms with Crippen LogP contribution >= 0.6 is 22.9 Å². The third kappa shape index (κ3) is 3.76. The first-order valence-corrected chi connectivity index (χ1v) is 13.3. The van der Waals surface area contributed by atoms with Crippen molar-refractivity contribution in [2.75, 3.05) is 5.75 Å². The number of hydrogen-bond donors (Lipinski definition) is 0. The van der Waals surface area contributed by atoms with Crippen LogP contribution in [0.15, 0.2) is 80.9 Å². The van der Waals surface area contributed by atoms with Gasteiger partial charge in [-0.2, -0.15) is 0 Å². The molecule has 0 spiro atoms. The molecule has 0 unspecified atom stereocenters. The van der Waals surface area contributed by atoms with Crippen LogP contribution in [0.25, 0.3) is 21.3 Å². The molecule has 1 aromatic heterocycles. The molecule has 9 heteroatoms. The van der Waals surface area contributed by atoms with E-state index in [4.69, 9.17) is 11.6 Å². The zero-order chi connectivity index (χ0) is 21.5. The average molecular weight is 478 g/mol. The number of aromatic nitrogens is 1. The van der Waals surface area contributed by atoms with Gasteiger partial charge in [0.25, 0.3) is 0 Å². The van der Waals surface area contributed by atoms with Gasteiger partial charge in [-0.25, -0.2) is 21.8 Å². The molecule has 0 amide bonds. The number of rotatable bonds is 5. The van der Waals surface area contributed by atoms with Crippen molar-refractivity contribution in [3.8, 4) is 10.6 Å². The van der Waals surface area contributed by atoms with Crippen LogP contribution in [0.5, 0.6) is 0 Å². The van der Waals surface area contributed by atoms with Crippen LogP contribution in [0.1, 0.15) is 6.92 Å². The van der Waals surface area contributed by atoms with Gasteiger partial charge in [-0.15, -0.1) is 11.3 Å². The first-order valence-electron chi connectivity index (χ1n) is 8.96. The lowest BCUT2D eigenvalue weighted by Crippen LogP contribution is -2.10. The van der Waals surface area contributed by atoms with Gasteiger partial charge in [0.15, 0.2) is 19.1 Å². The Bertz CT molecular complexity index is 1460. The molecule has 1 heterocycles. The van der Waals surface area contributed by atoms with Crippen molar-refractivity contribution >= 4 is 53.4 Å². The Hall–Kier alpha value is -2.26. The minimum Gasteiger partial charge on any atom is -0.223 e. The molecule has 0 aliphatic heterocycles. The first-order chi connectivity index (χ1) is 14.2. The SMILES string of the molecule is CCS(=O)(=O)c1sc(-c2ccc3ccccc3c2)nc1S(=O)(=O)c1ccc(Cl)cc1. The van der Waals surface area contributed by atoms with Crippen LogP contribution in [0.2, 0.25) is 5.02 Å². The van der Waals surface area contributed by atoms with Gasteiger partial charge in [0.2, 0.25) is 9.84 Å². The molecule has 3 aromatic carbocycles. The molecule has 0 saturated carbocycles. The Balaban J connectivity index is 1.94. The van der Waals surface area contributed by atoms with Crippen LogP contribution < -0.4 is 0 Å². The van der Waals surface area contributed by atoms with Crippen LogP contribution in [0, 0.1) is 0 Å². The van der Waals surface area contributed by atoms with Gasteiger partial charge >= 0.3 is 0 Å². The smallest absolute Gasteiger partial charge is 0.223 e. The van der Waals surface area contributed by atoms with Crippen molar-refractivity contribution in [3.63, 3.8) is 0 Å². The van der Waals surface area contributed by atoms with E-state index in [1.165, 1.54) is 31.2 Å². The lowest BCUT2D eigenvalue weighted by molar-refractivity contribution is 0.582. The molecular weight excluding hydrogens is 462 g/mol. The molecule has 0 fully saturated rings. The van der Waals surface area contributed by atoms with Crippen molar-refractivity contribution in [3.05, 3.63) is 71.8 Å². The van der Waals surface area contributed by atoms with Gasteiger partial charge in [-0.05, 0) is 41.1 Å². The predicted molar refractivity (Wildman–Crippen MR) is 120 cm³/mol. The Labute approximate surface area is 183 Å². The number of thiazole rings is 1. The number of nitrogens with zero attached hydrogens (tertiary/aromatic N) is 1. The van der Waals surface area contributed by atoms with E-state index in [1.807, 2.05) is 42.5 Å². The van der Waals surface area contributed by atoms with Crippen molar-refractivity contribution in [1.29, 1.82) is 0 Å². The first kappa shape index (κ1) is 21.0. The Morgan fingerprint density at radius 2 is 1.57 bits per heavy atom. The molecule has 4 rings (SSSR count). The lowest BCUT2D eigenvalue weighted by Gasteiger charge is -2.04. The summed E-state index contributed by atoms with van der Waals surface area (Å²) < 4.78 is 51.6. The fourth-order valence-electron chi connectivity index (χ4n) is 2.96. The summed E-state index contributed by atoms with van der Waals surface area (Å²) in [5, 5.41) is 2.24. The van der Waals surface area contributed by atoms with E-state index in [0.717, 1.165) is 22.1 Å². The molecule has 0 radical (unpaired) electrons. The van der Waals surface area contributed by atoms with E-state index < -0.39 is 24.7 Å². The van der Waals surface area contributed by atoms with Crippen molar-refractivity contribution in [1.82, 2.24) is 4.98 Å². The van der Waals surface area contributed by atoms with Crippen LogP contribution in [-0.4, -0.2) is 27.6 Å². The quantitative estimate of drug-likeness (QED) is 0.392. The summed E-state index contributed by atoms with van der Waals surface area (Å²) in [6, 6.07) is 18.9. The number of benzene rings is 3. The zero-order valence-corrected chi connectivity index (χ0v) is 18.9. The van der Waals surface area contributed by atoms with Crippen LogP contribution in [-0.2, 0) is 19.7 Å². The van der Waals surface area contributed by atoms with Gasteiger partial charge < -0.3 is 0 Å². The van der Waals surface area contributed by atoms with E-state index >= 15 is 0 Å². The van der Waals surface area contributed by atoms with Crippen LogP contribution in [0.4, 0.5) is 0 Å².